The van der Waals surface area contributed by atoms with Crippen molar-refractivity contribution in [2.45, 2.75) is 6.42 Å². The average molecular weight is 194 g/mol. The zero-order chi connectivity index (χ0) is 9.42. The van der Waals surface area contributed by atoms with Crippen LogP contribution in [0, 0.1) is 0 Å². The number of nitrogens with zero attached hydrogens (tertiary/aromatic N) is 1. The molecule has 0 fully saturated rings. The predicted octanol–water partition coefficient (Wildman–Crippen LogP) is 3.19. The highest BCUT2D eigenvalue weighted by atomic mass is 35.5. The number of halogens is 1. The quantitative estimate of drug-likeness (QED) is 0.612. The lowest BCUT2D eigenvalue weighted by molar-refractivity contribution is 0.883. The highest BCUT2D eigenvalue weighted by molar-refractivity contribution is 6.30. The van der Waals surface area contributed by atoms with Gasteiger partial charge >= 0.3 is 0 Å². The summed E-state index contributed by atoms with van der Waals surface area (Å²) in [6.07, 6.45) is 1.03. The maximum absolute atomic E-state index is 5.93. The first-order valence-electron chi connectivity index (χ1n) is 4.37. The molecular weight excluding hydrogens is 182 g/mol. The molecule has 0 amide bonds. The Morgan fingerprint density at radius 3 is 3.00 bits per heavy atom. The van der Waals surface area contributed by atoms with Crippen LogP contribution >= 0.6 is 11.6 Å². The number of benzene rings is 1. The van der Waals surface area contributed by atoms with E-state index in [1.165, 1.54) is 16.8 Å². The van der Waals surface area contributed by atoms with Crippen molar-refractivity contribution >= 4 is 22.9 Å². The smallest absolute Gasteiger partial charge is 0.0440 e. The van der Waals surface area contributed by atoms with Gasteiger partial charge in [0.05, 0.1) is 0 Å². The lowest BCUT2D eigenvalue weighted by Gasteiger charge is -2.28. The van der Waals surface area contributed by atoms with Gasteiger partial charge in [-0.3, -0.25) is 0 Å². The fourth-order valence-electron chi connectivity index (χ4n) is 1.68. The summed E-state index contributed by atoms with van der Waals surface area (Å²) in [5, 5.41) is 0.787. The molecule has 0 atom stereocenters. The third-order valence-electron chi connectivity index (χ3n) is 2.50. The first-order chi connectivity index (χ1) is 6.18. The van der Waals surface area contributed by atoms with Crippen LogP contribution in [-0.4, -0.2) is 13.6 Å². The molecule has 1 heterocycles. The van der Waals surface area contributed by atoms with E-state index < -0.39 is 0 Å². The minimum atomic E-state index is 0.787. The molecular formula is C11H12ClN. The van der Waals surface area contributed by atoms with Crippen LogP contribution < -0.4 is 4.90 Å². The molecule has 0 spiro atoms. The van der Waals surface area contributed by atoms with E-state index in [4.69, 9.17) is 11.6 Å². The van der Waals surface area contributed by atoms with Gasteiger partial charge in [-0.05, 0) is 30.2 Å². The van der Waals surface area contributed by atoms with Gasteiger partial charge in [0.1, 0.15) is 0 Å². The first-order valence-corrected chi connectivity index (χ1v) is 4.75. The number of fused-ring (bicyclic) bond motifs is 1. The summed E-state index contributed by atoms with van der Waals surface area (Å²) in [7, 11) is 2.10. The molecule has 0 unspecified atom stereocenters. The SMILES string of the molecule is C=C1CCN(C)c2ccc(Cl)cc21. The summed E-state index contributed by atoms with van der Waals surface area (Å²) in [4.78, 5) is 2.24. The van der Waals surface area contributed by atoms with Crippen LogP contribution in [0.4, 0.5) is 5.69 Å². The van der Waals surface area contributed by atoms with Crippen molar-refractivity contribution in [1.29, 1.82) is 0 Å². The summed E-state index contributed by atoms with van der Waals surface area (Å²) < 4.78 is 0. The number of anilines is 1. The normalized spacial score (nSPS) is 15.8. The number of hydrogen-bond acceptors (Lipinski definition) is 1. The van der Waals surface area contributed by atoms with Crippen LogP contribution in [0.5, 0.6) is 0 Å². The van der Waals surface area contributed by atoms with E-state index in [0.717, 1.165) is 18.0 Å². The molecule has 1 aliphatic heterocycles. The Balaban J connectivity index is 2.57. The van der Waals surface area contributed by atoms with Crippen LogP contribution in [0.15, 0.2) is 24.8 Å². The van der Waals surface area contributed by atoms with Gasteiger partial charge in [0.25, 0.3) is 0 Å². The van der Waals surface area contributed by atoms with E-state index in [-0.39, 0.29) is 0 Å². The first kappa shape index (κ1) is 8.64. The molecule has 0 aromatic heterocycles. The van der Waals surface area contributed by atoms with Crippen LogP contribution in [0.25, 0.3) is 5.57 Å². The zero-order valence-corrected chi connectivity index (χ0v) is 8.43. The van der Waals surface area contributed by atoms with Crippen LogP contribution in [0.2, 0.25) is 5.02 Å². The lowest BCUT2D eigenvalue weighted by Crippen LogP contribution is -2.23. The second-order valence-corrected chi connectivity index (χ2v) is 3.87. The molecule has 68 valence electrons. The zero-order valence-electron chi connectivity index (χ0n) is 7.68. The lowest BCUT2D eigenvalue weighted by atomic mass is 9.98. The van der Waals surface area contributed by atoms with Crippen molar-refractivity contribution in [3.63, 3.8) is 0 Å². The monoisotopic (exact) mass is 193 g/mol. The van der Waals surface area contributed by atoms with Crippen molar-refractivity contribution < 1.29 is 0 Å². The van der Waals surface area contributed by atoms with E-state index in [1.54, 1.807) is 0 Å². The van der Waals surface area contributed by atoms with Crippen LogP contribution in [0.1, 0.15) is 12.0 Å². The molecule has 1 aliphatic rings. The Kier molecular flexibility index (Phi) is 2.04. The fourth-order valence-corrected chi connectivity index (χ4v) is 1.85. The molecule has 1 nitrogen and oxygen atoms in total. The molecule has 0 N–H and O–H groups in total. The van der Waals surface area contributed by atoms with Crippen molar-refractivity contribution in [3.8, 4) is 0 Å². The highest BCUT2D eigenvalue weighted by Crippen LogP contribution is 2.34. The predicted molar refractivity (Wildman–Crippen MR) is 58.4 cm³/mol. The topological polar surface area (TPSA) is 3.24 Å². The Morgan fingerprint density at radius 1 is 1.46 bits per heavy atom. The summed E-state index contributed by atoms with van der Waals surface area (Å²) in [6.45, 7) is 5.09. The maximum Gasteiger partial charge on any atom is 0.0440 e. The standard InChI is InChI=1S/C11H12ClN/c1-8-5-6-13(2)11-4-3-9(12)7-10(8)11/h3-4,7H,1,5-6H2,2H3. The largest absolute Gasteiger partial charge is 0.374 e. The third-order valence-corrected chi connectivity index (χ3v) is 2.73. The Bertz CT molecular complexity index is 357. The number of rotatable bonds is 0. The molecule has 13 heavy (non-hydrogen) atoms. The van der Waals surface area contributed by atoms with E-state index in [1.807, 2.05) is 12.1 Å². The van der Waals surface area contributed by atoms with Crippen molar-refractivity contribution in [3.05, 3.63) is 35.4 Å². The maximum atomic E-state index is 5.93. The highest BCUT2D eigenvalue weighted by Gasteiger charge is 2.15. The van der Waals surface area contributed by atoms with Gasteiger partial charge in [-0.1, -0.05) is 18.2 Å². The van der Waals surface area contributed by atoms with Gasteiger partial charge < -0.3 is 4.90 Å². The molecule has 0 saturated carbocycles. The summed E-state index contributed by atoms with van der Waals surface area (Å²) in [6, 6.07) is 5.98. The average Bonchev–Trinajstić information content (AvgIpc) is 2.12. The van der Waals surface area contributed by atoms with Gasteiger partial charge in [-0.25, -0.2) is 0 Å². The van der Waals surface area contributed by atoms with E-state index in [0.29, 0.717) is 0 Å². The van der Waals surface area contributed by atoms with E-state index >= 15 is 0 Å². The molecule has 0 aliphatic carbocycles. The molecule has 2 heteroatoms. The van der Waals surface area contributed by atoms with Crippen LogP contribution in [-0.2, 0) is 0 Å². The minimum Gasteiger partial charge on any atom is -0.374 e. The molecule has 0 bridgehead atoms. The Morgan fingerprint density at radius 2 is 2.23 bits per heavy atom. The second-order valence-electron chi connectivity index (χ2n) is 3.44. The summed E-state index contributed by atoms with van der Waals surface area (Å²) in [5.74, 6) is 0. The fraction of sp³-hybridized carbons (Fsp3) is 0.273. The Labute approximate surface area is 83.6 Å². The minimum absolute atomic E-state index is 0.787. The third kappa shape index (κ3) is 1.44. The molecule has 0 saturated heterocycles. The number of hydrogen-bond donors (Lipinski definition) is 0. The van der Waals surface area contributed by atoms with Crippen molar-refractivity contribution in [2.75, 3.05) is 18.5 Å². The molecule has 0 radical (unpaired) electrons. The summed E-state index contributed by atoms with van der Waals surface area (Å²) in [5.41, 5.74) is 3.62. The van der Waals surface area contributed by atoms with Gasteiger partial charge in [0.15, 0.2) is 0 Å². The van der Waals surface area contributed by atoms with Crippen LogP contribution in [0.3, 0.4) is 0 Å². The Hall–Kier alpha value is -0.950. The van der Waals surface area contributed by atoms with E-state index in [2.05, 4.69) is 24.6 Å². The van der Waals surface area contributed by atoms with Crippen molar-refractivity contribution in [2.24, 2.45) is 0 Å². The summed E-state index contributed by atoms with van der Waals surface area (Å²) >= 11 is 5.93. The second kappa shape index (κ2) is 3.08. The molecule has 2 rings (SSSR count). The van der Waals surface area contributed by atoms with E-state index in [9.17, 15) is 0 Å². The van der Waals surface area contributed by atoms with Gasteiger partial charge in [-0.2, -0.15) is 0 Å². The van der Waals surface area contributed by atoms with Gasteiger partial charge in [0, 0.05) is 29.9 Å². The molecule has 1 aromatic carbocycles. The van der Waals surface area contributed by atoms with Crippen molar-refractivity contribution in [1.82, 2.24) is 0 Å². The van der Waals surface area contributed by atoms with Gasteiger partial charge in [-0.15, -0.1) is 0 Å². The molecule has 1 aromatic rings. The van der Waals surface area contributed by atoms with Gasteiger partial charge in [0.2, 0.25) is 0 Å².